The third-order valence-corrected chi connectivity index (χ3v) is 3.46. The Labute approximate surface area is 136 Å². The molecular formula is C17H13F2N3O2. The first-order valence-electron chi connectivity index (χ1n) is 7.06. The van der Waals surface area contributed by atoms with E-state index in [4.69, 9.17) is 4.74 Å². The standard InChI is InChI=1S/C17H13F2N3O2/c1-9-3-5-11-15(22-14-7-10(18)4-6-13(14)19)12(17(23)24-2)8-20-16(11)21-9/h3-8H,1-2H3,(H,20,21,22). The molecule has 0 saturated heterocycles. The fourth-order valence-electron chi connectivity index (χ4n) is 2.30. The molecule has 0 aliphatic carbocycles. The summed E-state index contributed by atoms with van der Waals surface area (Å²) in [5, 5.41) is 3.26. The zero-order chi connectivity index (χ0) is 17.3. The molecule has 122 valence electrons. The van der Waals surface area contributed by atoms with Crippen LogP contribution in [0.15, 0.2) is 36.5 Å². The SMILES string of the molecule is COC(=O)c1cnc2nc(C)ccc2c1Nc1cc(F)ccc1F. The fourth-order valence-corrected chi connectivity index (χ4v) is 2.30. The molecule has 2 aromatic heterocycles. The molecule has 0 fully saturated rings. The third kappa shape index (κ3) is 2.88. The number of fused-ring (bicyclic) bond motifs is 1. The smallest absolute Gasteiger partial charge is 0.341 e. The minimum Gasteiger partial charge on any atom is -0.465 e. The van der Waals surface area contributed by atoms with Crippen molar-refractivity contribution in [2.75, 3.05) is 12.4 Å². The normalized spacial score (nSPS) is 10.7. The molecule has 5 nitrogen and oxygen atoms in total. The molecule has 0 aliphatic heterocycles. The number of hydrogen-bond acceptors (Lipinski definition) is 5. The van der Waals surface area contributed by atoms with Crippen molar-refractivity contribution in [3.05, 3.63) is 59.4 Å². The number of rotatable bonds is 3. The lowest BCUT2D eigenvalue weighted by molar-refractivity contribution is 0.0601. The van der Waals surface area contributed by atoms with Gasteiger partial charge < -0.3 is 10.1 Å². The van der Waals surface area contributed by atoms with Gasteiger partial charge in [-0.2, -0.15) is 0 Å². The van der Waals surface area contributed by atoms with Crippen LogP contribution < -0.4 is 5.32 Å². The number of carbonyl (C=O) groups excluding carboxylic acids is 1. The summed E-state index contributed by atoms with van der Waals surface area (Å²) in [5.41, 5.74) is 1.36. The third-order valence-electron chi connectivity index (χ3n) is 3.46. The molecule has 0 radical (unpaired) electrons. The van der Waals surface area contributed by atoms with Gasteiger partial charge >= 0.3 is 5.97 Å². The van der Waals surface area contributed by atoms with Gasteiger partial charge in [-0.25, -0.2) is 23.5 Å². The Kier molecular flexibility index (Phi) is 4.07. The Morgan fingerprint density at radius 2 is 2.00 bits per heavy atom. The van der Waals surface area contributed by atoms with Crippen molar-refractivity contribution in [3.8, 4) is 0 Å². The lowest BCUT2D eigenvalue weighted by atomic mass is 10.1. The maximum atomic E-state index is 14.0. The molecule has 0 bridgehead atoms. The highest BCUT2D eigenvalue weighted by Crippen LogP contribution is 2.30. The van der Waals surface area contributed by atoms with E-state index in [1.807, 2.05) is 0 Å². The topological polar surface area (TPSA) is 64.1 Å². The second kappa shape index (κ2) is 6.19. The number of anilines is 2. The minimum atomic E-state index is -0.655. The number of nitrogens with zero attached hydrogens (tertiary/aromatic N) is 2. The number of pyridine rings is 2. The summed E-state index contributed by atoms with van der Waals surface area (Å²) in [7, 11) is 1.23. The van der Waals surface area contributed by atoms with Crippen LogP contribution in [0.2, 0.25) is 0 Å². The maximum Gasteiger partial charge on any atom is 0.341 e. The van der Waals surface area contributed by atoms with Gasteiger partial charge in [-0.1, -0.05) is 0 Å². The Hall–Kier alpha value is -3.09. The summed E-state index contributed by atoms with van der Waals surface area (Å²) in [4.78, 5) is 20.4. The zero-order valence-corrected chi connectivity index (χ0v) is 12.9. The highest BCUT2D eigenvalue weighted by molar-refractivity contribution is 6.05. The lowest BCUT2D eigenvalue weighted by Gasteiger charge is -2.14. The van der Waals surface area contributed by atoms with E-state index < -0.39 is 17.6 Å². The van der Waals surface area contributed by atoms with Crippen LogP contribution in [0.4, 0.5) is 20.2 Å². The van der Waals surface area contributed by atoms with Gasteiger partial charge in [0.1, 0.15) is 17.2 Å². The Morgan fingerprint density at radius 1 is 1.21 bits per heavy atom. The predicted molar refractivity (Wildman–Crippen MR) is 85.3 cm³/mol. The molecule has 0 spiro atoms. The molecule has 0 unspecified atom stereocenters. The first kappa shape index (κ1) is 15.8. The minimum absolute atomic E-state index is 0.0966. The quantitative estimate of drug-likeness (QED) is 0.742. The van der Waals surface area contributed by atoms with Crippen molar-refractivity contribution in [2.24, 2.45) is 0 Å². The number of esters is 1. The molecule has 0 atom stereocenters. The van der Waals surface area contributed by atoms with Gasteiger partial charge in [0, 0.05) is 23.3 Å². The second-order valence-corrected chi connectivity index (χ2v) is 5.11. The van der Waals surface area contributed by atoms with Crippen LogP contribution in [0.25, 0.3) is 11.0 Å². The van der Waals surface area contributed by atoms with E-state index in [0.717, 1.165) is 23.9 Å². The van der Waals surface area contributed by atoms with Gasteiger partial charge in [0.15, 0.2) is 5.65 Å². The molecule has 0 amide bonds. The van der Waals surface area contributed by atoms with Crippen molar-refractivity contribution < 1.29 is 18.3 Å². The molecule has 3 rings (SSSR count). The van der Waals surface area contributed by atoms with E-state index in [0.29, 0.717) is 11.0 Å². The van der Waals surface area contributed by atoms with Crippen LogP contribution in [0.5, 0.6) is 0 Å². The van der Waals surface area contributed by atoms with Crippen LogP contribution in [0, 0.1) is 18.6 Å². The number of aryl methyl sites for hydroxylation is 1. The molecule has 1 N–H and O–H groups in total. The van der Waals surface area contributed by atoms with E-state index in [9.17, 15) is 13.6 Å². The highest BCUT2D eigenvalue weighted by atomic mass is 19.1. The molecule has 0 saturated carbocycles. The van der Waals surface area contributed by atoms with Crippen molar-refractivity contribution in [3.63, 3.8) is 0 Å². The molecule has 0 aliphatic rings. The average molecular weight is 329 g/mol. The highest BCUT2D eigenvalue weighted by Gasteiger charge is 2.18. The molecule has 24 heavy (non-hydrogen) atoms. The maximum absolute atomic E-state index is 14.0. The molecular weight excluding hydrogens is 316 g/mol. The summed E-state index contributed by atoms with van der Waals surface area (Å²) >= 11 is 0. The molecule has 2 heterocycles. The van der Waals surface area contributed by atoms with Gasteiger partial charge in [0.2, 0.25) is 0 Å². The second-order valence-electron chi connectivity index (χ2n) is 5.11. The summed E-state index contributed by atoms with van der Waals surface area (Å²) in [5.74, 6) is -1.91. The summed E-state index contributed by atoms with van der Waals surface area (Å²) in [6, 6.07) is 6.46. The van der Waals surface area contributed by atoms with E-state index >= 15 is 0 Å². The number of nitrogens with one attached hydrogen (secondary N) is 1. The fraction of sp³-hybridized carbons (Fsp3) is 0.118. The summed E-state index contributed by atoms with van der Waals surface area (Å²) in [6.07, 6.45) is 1.29. The first-order valence-corrected chi connectivity index (χ1v) is 7.06. The number of benzene rings is 1. The van der Waals surface area contributed by atoms with E-state index in [-0.39, 0.29) is 16.9 Å². The zero-order valence-electron chi connectivity index (χ0n) is 12.9. The number of halogens is 2. The number of hydrogen-bond donors (Lipinski definition) is 1. The molecule has 7 heteroatoms. The summed E-state index contributed by atoms with van der Waals surface area (Å²) < 4.78 is 32.1. The van der Waals surface area contributed by atoms with Crippen molar-refractivity contribution in [1.29, 1.82) is 0 Å². The van der Waals surface area contributed by atoms with E-state index in [1.54, 1.807) is 19.1 Å². The van der Waals surface area contributed by atoms with Gasteiger partial charge in [0.25, 0.3) is 0 Å². The lowest BCUT2D eigenvalue weighted by Crippen LogP contribution is -2.08. The number of ether oxygens (including phenoxy) is 1. The summed E-state index contributed by atoms with van der Waals surface area (Å²) in [6.45, 7) is 1.80. The predicted octanol–water partition coefficient (Wildman–Crippen LogP) is 3.75. The Morgan fingerprint density at radius 3 is 2.75 bits per heavy atom. The van der Waals surface area contributed by atoms with E-state index in [1.165, 1.54) is 13.3 Å². The van der Waals surface area contributed by atoms with Crippen molar-refractivity contribution >= 4 is 28.4 Å². The van der Waals surface area contributed by atoms with Crippen LogP contribution in [0.3, 0.4) is 0 Å². The number of methoxy groups -OCH3 is 1. The largest absolute Gasteiger partial charge is 0.465 e. The average Bonchev–Trinajstić information content (AvgIpc) is 2.57. The molecule has 3 aromatic rings. The van der Waals surface area contributed by atoms with Crippen LogP contribution >= 0.6 is 0 Å². The van der Waals surface area contributed by atoms with Crippen LogP contribution in [0.1, 0.15) is 16.1 Å². The number of aromatic nitrogens is 2. The molecule has 1 aromatic carbocycles. The van der Waals surface area contributed by atoms with Gasteiger partial charge in [-0.05, 0) is 31.2 Å². The van der Waals surface area contributed by atoms with Gasteiger partial charge in [-0.3, -0.25) is 0 Å². The van der Waals surface area contributed by atoms with E-state index in [2.05, 4.69) is 15.3 Å². The van der Waals surface area contributed by atoms with Gasteiger partial charge in [0.05, 0.1) is 18.5 Å². The van der Waals surface area contributed by atoms with Crippen LogP contribution in [-0.4, -0.2) is 23.0 Å². The van der Waals surface area contributed by atoms with Crippen LogP contribution in [-0.2, 0) is 4.74 Å². The Balaban J connectivity index is 2.22. The number of carbonyl (C=O) groups is 1. The van der Waals surface area contributed by atoms with Gasteiger partial charge in [-0.15, -0.1) is 0 Å². The van der Waals surface area contributed by atoms with Crippen molar-refractivity contribution in [2.45, 2.75) is 6.92 Å². The first-order chi connectivity index (χ1) is 11.5. The van der Waals surface area contributed by atoms with Crippen molar-refractivity contribution in [1.82, 2.24) is 9.97 Å². The monoisotopic (exact) mass is 329 g/mol. The Bertz CT molecular complexity index is 945.